The quantitative estimate of drug-likeness (QED) is 0.777. The Morgan fingerprint density at radius 1 is 1.45 bits per heavy atom. The molecule has 4 heteroatoms. The molecule has 0 fully saturated rings. The second-order valence-electron chi connectivity index (χ2n) is 2.27. The zero-order valence-corrected chi connectivity index (χ0v) is 8.66. The van der Waals surface area contributed by atoms with Gasteiger partial charge in [0.2, 0.25) is 0 Å². The van der Waals surface area contributed by atoms with Gasteiger partial charge >= 0.3 is 0 Å². The molecular formula is C7H14BrN3. The fourth-order valence-electron chi connectivity index (χ4n) is 0.856. The monoisotopic (exact) mass is 219 g/mol. The molecule has 1 heterocycles. The van der Waals surface area contributed by atoms with E-state index in [1.165, 1.54) is 0 Å². The van der Waals surface area contributed by atoms with Gasteiger partial charge in [-0.1, -0.05) is 13.3 Å². The SMILES string of the molecule is Br.CCCc1cnn(CC)n1. The lowest BCUT2D eigenvalue weighted by Crippen LogP contribution is -1.98. The fourth-order valence-corrected chi connectivity index (χ4v) is 0.856. The molecule has 0 aromatic carbocycles. The summed E-state index contributed by atoms with van der Waals surface area (Å²) in [5.74, 6) is 0. The summed E-state index contributed by atoms with van der Waals surface area (Å²) in [5.41, 5.74) is 1.10. The first-order chi connectivity index (χ1) is 4.86. The Bertz CT molecular complexity index is 197. The first kappa shape index (κ1) is 10.6. The minimum atomic E-state index is 0. The number of hydrogen-bond acceptors (Lipinski definition) is 2. The Labute approximate surface area is 77.6 Å². The summed E-state index contributed by atoms with van der Waals surface area (Å²) in [4.78, 5) is 1.71. The summed E-state index contributed by atoms with van der Waals surface area (Å²) in [6.45, 7) is 5.05. The van der Waals surface area contributed by atoms with Crippen LogP contribution in [0.5, 0.6) is 0 Å². The topological polar surface area (TPSA) is 30.7 Å². The lowest BCUT2D eigenvalue weighted by molar-refractivity contribution is 0.563. The Hall–Kier alpha value is -0.380. The molecule has 64 valence electrons. The zero-order chi connectivity index (χ0) is 7.40. The maximum absolute atomic E-state index is 4.22. The number of aryl methyl sites for hydroxylation is 2. The fraction of sp³-hybridized carbons (Fsp3) is 0.714. The van der Waals surface area contributed by atoms with Gasteiger partial charge < -0.3 is 0 Å². The lowest BCUT2D eigenvalue weighted by atomic mass is 10.3. The molecule has 0 spiro atoms. The van der Waals surface area contributed by atoms with E-state index >= 15 is 0 Å². The molecule has 3 nitrogen and oxygen atoms in total. The van der Waals surface area contributed by atoms with E-state index in [0.29, 0.717) is 0 Å². The highest BCUT2D eigenvalue weighted by atomic mass is 79.9. The first-order valence-electron chi connectivity index (χ1n) is 3.75. The molecular weight excluding hydrogens is 206 g/mol. The van der Waals surface area contributed by atoms with Crippen molar-refractivity contribution in [1.82, 2.24) is 15.0 Å². The molecule has 0 aliphatic carbocycles. The highest BCUT2D eigenvalue weighted by Crippen LogP contribution is 1.95. The first-order valence-corrected chi connectivity index (χ1v) is 3.75. The van der Waals surface area contributed by atoms with Crippen molar-refractivity contribution in [3.63, 3.8) is 0 Å². The molecule has 1 rings (SSSR count). The number of rotatable bonds is 3. The van der Waals surface area contributed by atoms with Gasteiger partial charge in [-0.05, 0) is 13.3 Å². The Balaban J connectivity index is 0.000001000. The third kappa shape index (κ3) is 3.01. The van der Waals surface area contributed by atoms with E-state index in [-0.39, 0.29) is 17.0 Å². The van der Waals surface area contributed by atoms with E-state index in [9.17, 15) is 0 Å². The van der Waals surface area contributed by atoms with Gasteiger partial charge in [-0.3, -0.25) is 0 Å². The maximum Gasteiger partial charge on any atom is 0.0827 e. The Kier molecular flexibility index (Phi) is 5.11. The summed E-state index contributed by atoms with van der Waals surface area (Å²) in [7, 11) is 0. The van der Waals surface area contributed by atoms with Crippen molar-refractivity contribution in [2.75, 3.05) is 0 Å². The maximum atomic E-state index is 4.22. The molecule has 0 atom stereocenters. The summed E-state index contributed by atoms with van der Waals surface area (Å²) in [6.07, 6.45) is 4.02. The van der Waals surface area contributed by atoms with Crippen LogP contribution in [0, 0.1) is 0 Å². The minimum absolute atomic E-state index is 0. The van der Waals surface area contributed by atoms with Crippen molar-refractivity contribution >= 4 is 17.0 Å². The molecule has 0 amide bonds. The van der Waals surface area contributed by atoms with Crippen molar-refractivity contribution in [2.24, 2.45) is 0 Å². The Morgan fingerprint density at radius 3 is 2.64 bits per heavy atom. The molecule has 0 N–H and O–H groups in total. The van der Waals surface area contributed by atoms with E-state index in [1.807, 2.05) is 13.1 Å². The van der Waals surface area contributed by atoms with Crippen LogP contribution < -0.4 is 0 Å². The van der Waals surface area contributed by atoms with Crippen LogP contribution in [0.2, 0.25) is 0 Å². The van der Waals surface area contributed by atoms with E-state index in [0.717, 1.165) is 25.1 Å². The van der Waals surface area contributed by atoms with E-state index in [1.54, 1.807) is 4.80 Å². The molecule has 1 aromatic heterocycles. The number of hydrogen-bond donors (Lipinski definition) is 0. The lowest BCUT2D eigenvalue weighted by Gasteiger charge is -1.89. The smallest absolute Gasteiger partial charge is 0.0827 e. The Morgan fingerprint density at radius 2 is 2.18 bits per heavy atom. The molecule has 11 heavy (non-hydrogen) atoms. The van der Waals surface area contributed by atoms with Gasteiger partial charge in [0.25, 0.3) is 0 Å². The zero-order valence-electron chi connectivity index (χ0n) is 6.95. The van der Waals surface area contributed by atoms with Crippen LogP contribution in [0.25, 0.3) is 0 Å². The normalized spacial score (nSPS) is 9.27. The largest absolute Gasteiger partial charge is 0.185 e. The third-order valence-corrected chi connectivity index (χ3v) is 1.37. The van der Waals surface area contributed by atoms with Gasteiger partial charge in [-0.2, -0.15) is 15.0 Å². The van der Waals surface area contributed by atoms with Gasteiger partial charge in [-0.15, -0.1) is 17.0 Å². The van der Waals surface area contributed by atoms with Crippen LogP contribution in [-0.2, 0) is 13.0 Å². The van der Waals surface area contributed by atoms with Crippen molar-refractivity contribution in [1.29, 1.82) is 0 Å². The van der Waals surface area contributed by atoms with Crippen LogP contribution >= 0.6 is 17.0 Å². The molecule has 1 aromatic rings. The van der Waals surface area contributed by atoms with Crippen molar-refractivity contribution in [2.45, 2.75) is 33.2 Å². The molecule has 0 radical (unpaired) electrons. The standard InChI is InChI=1S/C7H13N3.BrH/c1-3-5-7-6-8-10(4-2)9-7;/h6H,3-5H2,1-2H3;1H. The molecule has 0 unspecified atom stereocenters. The van der Waals surface area contributed by atoms with Crippen molar-refractivity contribution in [3.8, 4) is 0 Å². The predicted octanol–water partition coefficient (Wildman–Crippen LogP) is 1.83. The van der Waals surface area contributed by atoms with Crippen LogP contribution in [0.15, 0.2) is 6.20 Å². The van der Waals surface area contributed by atoms with Crippen LogP contribution in [0.1, 0.15) is 26.0 Å². The van der Waals surface area contributed by atoms with E-state index in [2.05, 4.69) is 17.1 Å². The second kappa shape index (κ2) is 5.29. The summed E-state index contributed by atoms with van der Waals surface area (Å²) in [6, 6.07) is 0. The van der Waals surface area contributed by atoms with E-state index in [4.69, 9.17) is 0 Å². The average Bonchev–Trinajstić information content (AvgIpc) is 2.37. The highest BCUT2D eigenvalue weighted by molar-refractivity contribution is 8.93. The van der Waals surface area contributed by atoms with Crippen LogP contribution in [0.4, 0.5) is 0 Å². The van der Waals surface area contributed by atoms with Crippen molar-refractivity contribution < 1.29 is 0 Å². The third-order valence-electron chi connectivity index (χ3n) is 1.37. The molecule has 0 saturated heterocycles. The minimum Gasteiger partial charge on any atom is -0.185 e. The predicted molar refractivity (Wildman–Crippen MR) is 50.0 cm³/mol. The van der Waals surface area contributed by atoms with Gasteiger partial charge in [0.15, 0.2) is 0 Å². The van der Waals surface area contributed by atoms with Gasteiger partial charge in [0.05, 0.1) is 18.4 Å². The summed E-state index contributed by atoms with van der Waals surface area (Å²) >= 11 is 0. The number of nitrogens with zero attached hydrogens (tertiary/aromatic N) is 3. The van der Waals surface area contributed by atoms with E-state index < -0.39 is 0 Å². The molecule has 0 aliphatic heterocycles. The second-order valence-corrected chi connectivity index (χ2v) is 2.27. The van der Waals surface area contributed by atoms with Crippen LogP contribution in [0.3, 0.4) is 0 Å². The molecule has 0 bridgehead atoms. The van der Waals surface area contributed by atoms with Gasteiger partial charge in [-0.25, -0.2) is 0 Å². The average molecular weight is 220 g/mol. The summed E-state index contributed by atoms with van der Waals surface area (Å²) < 4.78 is 0. The van der Waals surface area contributed by atoms with Gasteiger partial charge in [0, 0.05) is 0 Å². The summed E-state index contributed by atoms with van der Waals surface area (Å²) in [5, 5.41) is 8.28. The van der Waals surface area contributed by atoms with Crippen LogP contribution in [-0.4, -0.2) is 15.0 Å². The van der Waals surface area contributed by atoms with Crippen molar-refractivity contribution in [3.05, 3.63) is 11.9 Å². The number of halogens is 1. The molecule has 0 saturated carbocycles. The molecule has 0 aliphatic rings. The number of aromatic nitrogens is 3. The highest BCUT2D eigenvalue weighted by Gasteiger charge is 1.95. The van der Waals surface area contributed by atoms with Gasteiger partial charge in [0.1, 0.15) is 0 Å².